The minimum absolute atomic E-state index is 0.197. The van der Waals surface area contributed by atoms with Gasteiger partial charge in [0.05, 0.1) is 6.54 Å². The van der Waals surface area contributed by atoms with E-state index >= 15 is 0 Å². The van der Waals surface area contributed by atoms with E-state index in [4.69, 9.17) is 0 Å². The molecule has 0 aromatic carbocycles. The molecule has 15 heavy (non-hydrogen) atoms. The Kier molecular flexibility index (Phi) is 5.09. The molecule has 3 nitrogen and oxygen atoms in total. The Morgan fingerprint density at radius 3 is 2.60 bits per heavy atom. The predicted octanol–water partition coefficient (Wildman–Crippen LogP) is 1.63. The van der Waals surface area contributed by atoms with E-state index in [1.807, 2.05) is 14.0 Å². The molecule has 1 N–H and O–H groups in total. The first kappa shape index (κ1) is 12.5. The van der Waals surface area contributed by atoms with E-state index in [-0.39, 0.29) is 5.91 Å². The first-order chi connectivity index (χ1) is 7.15. The minimum atomic E-state index is 0.197. The monoisotopic (exact) mass is 212 g/mol. The molecule has 1 amide bonds. The lowest BCUT2D eigenvalue weighted by Crippen LogP contribution is -2.41. The zero-order valence-corrected chi connectivity index (χ0v) is 10.3. The molecule has 1 fully saturated rings. The highest BCUT2D eigenvalue weighted by atomic mass is 16.2. The molecule has 0 bridgehead atoms. The average molecular weight is 212 g/mol. The summed E-state index contributed by atoms with van der Waals surface area (Å²) in [5.74, 6) is 0.979. The number of carbonyl (C=O) groups is 1. The van der Waals surface area contributed by atoms with Gasteiger partial charge in [-0.15, -0.1) is 0 Å². The van der Waals surface area contributed by atoms with Gasteiger partial charge in [0.25, 0.3) is 0 Å². The summed E-state index contributed by atoms with van der Waals surface area (Å²) < 4.78 is 0. The Labute approximate surface area is 93.2 Å². The van der Waals surface area contributed by atoms with Crippen molar-refractivity contribution in [2.24, 2.45) is 5.92 Å². The topological polar surface area (TPSA) is 32.3 Å². The molecule has 1 atom stereocenters. The van der Waals surface area contributed by atoms with E-state index in [0.717, 1.165) is 12.5 Å². The van der Waals surface area contributed by atoms with Gasteiger partial charge in [-0.3, -0.25) is 4.79 Å². The number of hydrogen-bond donors (Lipinski definition) is 1. The van der Waals surface area contributed by atoms with Crippen LogP contribution in [-0.4, -0.2) is 37.0 Å². The Morgan fingerprint density at radius 2 is 2.07 bits per heavy atom. The van der Waals surface area contributed by atoms with Crippen LogP contribution >= 0.6 is 0 Å². The van der Waals surface area contributed by atoms with Crippen LogP contribution in [0.4, 0.5) is 0 Å². The molecule has 1 aliphatic carbocycles. The third-order valence-electron chi connectivity index (χ3n) is 3.58. The third-order valence-corrected chi connectivity index (χ3v) is 3.58. The van der Waals surface area contributed by atoms with Crippen LogP contribution in [0.15, 0.2) is 0 Å². The molecule has 3 heteroatoms. The van der Waals surface area contributed by atoms with Crippen LogP contribution < -0.4 is 5.32 Å². The van der Waals surface area contributed by atoms with Crippen LogP contribution in [0.3, 0.4) is 0 Å². The van der Waals surface area contributed by atoms with Crippen LogP contribution in [0.5, 0.6) is 0 Å². The Hall–Kier alpha value is -0.570. The fraction of sp³-hybridized carbons (Fsp3) is 0.917. The Balaban J connectivity index is 2.20. The molecule has 0 radical (unpaired) electrons. The summed E-state index contributed by atoms with van der Waals surface area (Å²) in [7, 11) is 1.85. The zero-order valence-electron chi connectivity index (χ0n) is 10.3. The molecule has 1 saturated carbocycles. The summed E-state index contributed by atoms with van der Waals surface area (Å²) in [4.78, 5) is 13.3. The van der Waals surface area contributed by atoms with E-state index in [9.17, 15) is 4.79 Å². The second-order valence-corrected chi connectivity index (χ2v) is 4.62. The van der Waals surface area contributed by atoms with E-state index in [2.05, 4.69) is 12.2 Å². The first-order valence-electron chi connectivity index (χ1n) is 6.12. The van der Waals surface area contributed by atoms with E-state index in [1.165, 1.54) is 25.7 Å². The second kappa shape index (κ2) is 6.11. The molecule has 0 spiro atoms. The lowest BCUT2D eigenvalue weighted by atomic mass is 10.00. The van der Waals surface area contributed by atoms with Gasteiger partial charge in [0.2, 0.25) is 5.91 Å². The van der Waals surface area contributed by atoms with E-state index < -0.39 is 0 Å². The Bertz CT molecular complexity index is 200. The summed E-state index contributed by atoms with van der Waals surface area (Å²) in [6, 6.07) is 0.488. The summed E-state index contributed by atoms with van der Waals surface area (Å²) in [6.45, 7) is 5.48. The predicted molar refractivity (Wildman–Crippen MR) is 62.7 cm³/mol. The van der Waals surface area contributed by atoms with Gasteiger partial charge in [-0.05, 0) is 32.6 Å². The van der Waals surface area contributed by atoms with Gasteiger partial charge >= 0.3 is 0 Å². The molecular weight excluding hydrogens is 188 g/mol. The normalized spacial score (nSPS) is 19.1. The van der Waals surface area contributed by atoms with Gasteiger partial charge in [-0.25, -0.2) is 0 Å². The molecule has 0 heterocycles. The van der Waals surface area contributed by atoms with E-state index in [1.54, 1.807) is 4.90 Å². The fourth-order valence-electron chi connectivity index (χ4n) is 2.18. The molecule has 0 saturated heterocycles. The van der Waals surface area contributed by atoms with E-state index in [0.29, 0.717) is 12.6 Å². The van der Waals surface area contributed by atoms with Crippen LogP contribution in [0.2, 0.25) is 0 Å². The highest BCUT2D eigenvalue weighted by molar-refractivity contribution is 5.77. The van der Waals surface area contributed by atoms with Gasteiger partial charge in [0.15, 0.2) is 0 Å². The quantitative estimate of drug-likeness (QED) is 0.751. The lowest BCUT2D eigenvalue weighted by Gasteiger charge is -2.22. The number of nitrogens with one attached hydrogen (secondary N) is 1. The molecule has 0 aliphatic heterocycles. The number of carbonyl (C=O) groups excluding carboxylic acids is 1. The highest BCUT2D eigenvalue weighted by Crippen LogP contribution is 2.27. The maximum absolute atomic E-state index is 11.6. The lowest BCUT2D eigenvalue weighted by molar-refractivity contribution is -0.128. The molecule has 1 aliphatic rings. The first-order valence-corrected chi connectivity index (χ1v) is 6.12. The van der Waals surface area contributed by atoms with Crippen LogP contribution in [0, 0.1) is 5.92 Å². The zero-order chi connectivity index (χ0) is 11.3. The molecule has 0 aromatic heterocycles. The molecule has 0 unspecified atom stereocenters. The van der Waals surface area contributed by atoms with Crippen molar-refractivity contribution < 1.29 is 4.79 Å². The minimum Gasteiger partial charge on any atom is -0.345 e. The van der Waals surface area contributed by atoms with Crippen molar-refractivity contribution in [1.82, 2.24) is 10.2 Å². The van der Waals surface area contributed by atoms with Crippen molar-refractivity contribution in [1.29, 1.82) is 0 Å². The number of likely N-dealkylation sites (N-methyl/N-ethyl adjacent to an activating group) is 1. The molecule has 1 rings (SSSR count). The molecule has 88 valence electrons. The Morgan fingerprint density at radius 1 is 1.47 bits per heavy atom. The largest absolute Gasteiger partial charge is 0.345 e. The van der Waals surface area contributed by atoms with Crippen molar-refractivity contribution in [3.05, 3.63) is 0 Å². The van der Waals surface area contributed by atoms with Gasteiger partial charge in [-0.1, -0.05) is 12.8 Å². The number of rotatable bonds is 5. The summed E-state index contributed by atoms with van der Waals surface area (Å²) >= 11 is 0. The van der Waals surface area contributed by atoms with Gasteiger partial charge < -0.3 is 10.2 Å². The summed E-state index contributed by atoms with van der Waals surface area (Å²) in [5.41, 5.74) is 0. The van der Waals surface area contributed by atoms with Gasteiger partial charge in [0.1, 0.15) is 0 Å². The smallest absolute Gasteiger partial charge is 0.236 e. The van der Waals surface area contributed by atoms with Gasteiger partial charge in [-0.2, -0.15) is 0 Å². The van der Waals surface area contributed by atoms with Crippen molar-refractivity contribution in [3.63, 3.8) is 0 Å². The molecular formula is C12H24N2O. The van der Waals surface area contributed by atoms with Crippen LogP contribution in [-0.2, 0) is 4.79 Å². The van der Waals surface area contributed by atoms with Crippen LogP contribution in [0.1, 0.15) is 39.5 Å². The number of amides is 1. The summed E-state index contributed by atoms with van der Waals surface area (Å²) in [6.07, 6.45) is 5.37. The van der Waals surface area contributed by atoms with Crippen molar-refractivity contribution in [2.45, 2.75) is 45.6 Å². The third kappa shape index (κ3) is 3.82. The molecule has 0 aromatic rings. The second-order valence-electron chi connectivity index (χ2n) is 4.62. The van der Waals surface area contributed by atoms with Gasteiger partial charge in [0, 0.05) is 19.6 Å². The van der Waals surface area contributed by atoms with Crippen molar-refractivity contribution in [2.75, 3.05) is 20.1 Å². The average Bonchev–Trinajstić information content (AvgIpc) is 2.77. The van der Waals surface area contributed by atoms with Crippen molar-refractivity contribution >= 4 is 5.91 Å². The fourth-order valence-corrected chi connectivity index (χ4v) is 2.18. The highest BCUT2D eigenvalue weighted by Gasteiger charge is 2.21. The number of hydrogen-bond acceptors (Lipinski definition) is 2. The summed E-state index contributed by atoms with van der Waals surface area (Å²) in [5, 5.41) is 3.35. The number of nitrogens with zero attached hydrogens (tertiary/aromatic N) is 1. The maximum atomic E-state index is 11.6. The maximum Gasteiger partial charge on any atom is 0.236 e. The van der Waals surface area contributed by atoms with Crippen LogP contribution in [0.25, 0.3) is 0 Å². The van der Waals surface area contributed by atoms with Crippen molar-refractivity contribution in [3.8, 4) is 0 Å². The SMILES string of the molecule is CCN(C)C(=O)CN[C@@H](C)C1CCCC1. The standard InChI is InChI=1S/C12H24N2O/c1-4-14(3)12(15)9-13-10(2)11-7-5-6-8-11/h10-11,13H,4-9H2,1-3H3/t10-/m0/s1.